The SMILES string of the molecule is CC(C)Cc1cc(C(=O)N2CCC[C@@]3(C[C@@H](O)[C@H](c4ccccc4)N(C)C3=O)C2)on1. The van der Waals surface area contributed by atoms with Crippen molar-refractivity contribution in [1.29, 1.82) is 0 Å². The van der Waals surface area contributed by atoms with Crippen molar-refractivity contribution >= 4 is 11.8 Å². The van der Waals surface area contributed by atoms with Gasteiger partial charge in [-0.05, 0) is 37.2 Å². The summed E-state index contributed by atoms with van der Waals surface area (Å²) in [5.74, 6) is 0.381. The molecule has 2 aliphatic rings. The van der Waals surface area contributed by atoms with Crippen LogP contribution in [0.15, 0.2) is 40.9 Å². The number of amides is 2. The molecule has 1 aromatic carbocycles. The van der Waals surface area contributed by atoms with E-state index in [4.69, 9.17) is 4.52 Å². The molecule has 0 unspecified atom stereocenters. The molecule has 7 nitrogen and oxygen atoms in total. The number of hydrogen-bond donors (Lipinski definition) is 1. The van der Waals surface area contributed by atoms with Crippen LogP contribution in [0.1, 0.15) is 61.0 Å². The van der Waals surface area contributed by atoms with E-state index < -0.39 is 11.5 Å². The zero-order valence-electron chi connectivity index (χ0n) is 18.5. The first-order chi connectivity index (χ1) is 14.8. The average molecular weight is 426 g/mol. The van der Waals surface area contributed by atoms with Gasteiger partial charge in [-0.2, -0.15) is 0 Å². The number of likely N-dealkylation sites (tertiary alicyclic amines) is 2. The normalized spacial score (nSPS) is 26.7. The maximum absolute atomic E-state index is 13.5. The van der Waals surface area contributed by atoms with Crippen LogP contribution in [0.4, 0.5) is 0 Å². The van der Waals surface area contributed by atoms with Gasteiger partial charge in [0, 0.05) is 26.2 Å². The average Bonchev–Trinajstić information content (AvgIpc) is 3.20. The number of piperidine rings is 2. The Labute approximate surface area is 183 Å². The first kappa shape index (κ1) is 21.6. The Morgan fingerprint density at radius 2 is 2.06 bits per heavy atom. The van der Waals surface area contributed by atoms with Crippen LogP contribution in [0.2, 0.25) is 0 Å². The maximum atomic E-state index is 13.5. The molecule has 0 aliphatic carbocycles. The molecule has 3 atom stereocenters. The summed E-state index contributed by atoms with van der Waals surface area (Å²) in [5.41, 5.74) is 0.914. The number of carbonyl (C=O) groups is 2. The molecule has 2 fully saturated rings. The third kappa shape index (κ3) is 4.11. The van der Waals surface area contributed by atoms with Crippen molar-refractivity contribution in [2.45, 2.75) is 51.7 Å². The number of hydrogen-bond acceptors (Lipinski definition) is 5. The molecule has 166 valence electrons. The van der Waals surface area contributed by atoms with E-state index in [-0.39, 0.29) is 30.2 Å². The number of nitrogens with zero attached hydrogens (tertiary/aromatic N) is 3. The number of rotatable bonds is 4. The van der Waals surface area contributed by atoms with E-state index in [1.54, 1.807) is 22.9 Å². The van der Waals surface area contributed by atoms with Crippen molar-refractivity contribution in [3.05, 3.63) is 53.4 Å². The van der Waals surface area contributed by atoms with E-state index in [1.807, 2.05) is 30.3 Å². The summed E-state index contributed by atoms with van der Waals surface area (Å²) in [5, 5.41) is 15.1. The number of likely N-dealkylation sites (N-methyl/N-ethyl adjacent to an activating group) is 1. The van der Waals surface area contributed by atoms with Crippen LogP contribution in [-0.4, -0.2) is 58.1 Å². The molecule has 1 aromatic heterocycles. The summed E-state index contributed by atoms with van der Waals surface area (Å²) < 4.78 is 5.31. The minimum atomic E-state index is -0.770. The van der Waals surface area contributed by atoms with Gasteiger partial charge in [-0.25, -0.2) is 0 Å². The Morgan fingerprint density at radius 3 is 2.77 bits per heavy atom. The number of aromatic nitrogens is 1. The highest BCUT2D eigenvalue weighted by Gasteiger charge is 2.52. The molecule has 7 heteroatoms. The maximum Gasteiger partial charge on any atom is 0.292 e. The second-order valence-electron chi connectivity index (χ2n) is 9.43. The molecular formula is C24H31N3O4. The van der Waals surface area contributed by atoms with Crippen LogP contribution < -0.4 is 0 Å². The second-order valence-corrected chi connectivity index (χ2v) is 9.43. The fourth-order valence-electron chi connectivity index (χ4n) is 5.18. The first-order valence-corrected chi connectivity index (χ1v) is 11.1. The molecule has 4 rings (SSSR count). The zero-order chi connectivity index (χ0) is 22.2. The predicted octanol–water partition coefficient (Wildman–Crippen LogP) is 3.06. The summed E-state index contributed by atoms with van der Waals surface area (Å²) in [6.45, 7) is 5.03. The van der Waals surface area contributed by atoms with Gasteiger partial charge in [0.25, 0.3) is 5.91 Å². The first-order valence-electron chi connectivity index (χ1n) is 11.1. The molecule has 2 aromatic rings. The second kappa shape index (κ2) is 8.46. The van der Waals surface area contributed by atoms with E-state index in [0.29, 0.717) is 31.7 Å². The van der Waals surface area contributed by atoms with E-state index in [9.17, 15) is 14.7 Å². The van der Waals surface area contributed by atoms with Crippen LogP contribution in [-0.2, 0) is 11.2 Å². The van der Waals surface area contributed by atoms with Gasteiger partial charge < -0.3 is 19.4 Å². The molecule has 1 spiro atoms. The molecule has 0 saturated carbocycles. The van der Waals surface area contributed by atoms with Crippen molar-refractivity contribution in [1.82, 2.24) is 15.0 Å². The Hall–Kier alpha value is -2.67. The fourth-order valence-corrected chi connectivity index (χ4v) is 5.18. The Balaban J connectivity index is 1.52. The van der Waals surface area contributed by atoms with Crippen LogP contribution in [0.5, 0.6) is 0 Å². The Morgan fingerprint density at radius 1 is 1.32 bits per heavy atom. The van der Waals surface area contributed by atoms with Crippen molar-refractivity contribution < 1.29 is 19.2 Å². The highest BCUT2D eigenvalue weighted by atomic mass is 16.5. The van der Waals surface area contributed by atoms with Gasteiger partial charge in [-0.1, -0.05) is 49.3 Å². The van der Waals surface area contributed by atoms with Crippen molar-refractivity contribution in [2.24, 2.45) is 11.3 Å². The van der Waals surface area contributed by atoms with Gasteiger partial charge in [-0.15, -0.1) is 0 Å². The summed E-state index contributed by atoms with van der Waals surface area (Å²) >= 11 is 0. The van der Waals surface area contributed by atoms with Gasteiger partial charge in [0.05, 0.1) is 23.3 Å². The zero-order valence-corrected chi connectivity index (χ0v) is 18.5. The van der Waals surface area contributed by atoms with Crippen molar-refractivity contribution in [3.8, 4) is 0 Å². The monoisotopic (exact) mass is 425 g/mol. The van der Waals surface area contributed by atoms with E-state index in [2.05, 4.69) is 19.0 Å². The summed E-state index contributed by atoms with van der Waals surface area (Å²) in [6.07, 6.45) is 1.77. The number of aliphatic hydroxyl groups excluding tert-OH is 1. The molecular weight excluding hydrogens is 394 g/mol. The molecule has 1 N–H and O–H groups in total. The quantitative estimate of drug-likeness (QED) is 0.814. The topological polar surface area (TPSA) is 86.9 Å². The highest BCUT2D eigenvalue weighted by Crippen LogP contribution is 2.45. The van der Waals surface area contributed by atoms with Crippen LogP contribution >= 0.6 is 0 Å². The summed E-state index contributed by atoms with van der Waals surface area (Å²) in [4.78, 5) is 29.9. The minimum absolute atomic E-state index is 0.0118. The third-order valence-corrected chi connectivity index (χ3v) is 6.55. The van der Waals surface area contributed by atoms with E-state index in [1.165, 1.54) is 0 Å². The molecule has 2 aliphatic heterocycles. The van der Waals surface area contributed by atoms with Gasteiger partial charge >= 0.3 is 0 Å². The van der Waals surface area contributed by atoms with Crippen LogP contribution in [0.25, 0.3) is 0 Å². The molecule has 2 saturated heterocycles. The van der Waals surface area contributed by atoms with Crippen molar-refractivity contribution in [3.63, 3.8) is 0 Å². The third-order valence-electron chi connectivity index (χ3n) is 6.55. The molecule has 3 heterocycles. The van der Waals surface area contributed by atoms with Gasteiger partial charge in [0.2, 0.25) is 11.7 Å². The summed E-state index contributed by atoms with van der Waals surface area (Å²) in [6, 6.07) is 10.9. The van der Waals surface area contributed by atoms with E-state index in [0.717, 1.165) is 17.7 Å². The van der Waals surface area contributed by atoms with Gasteiger partial charge in [-0.3, -0.25) is 9.59 Å². The number of aliphatic hydroxyl groups is 1. The van der Waals surface area contributed by atoms with Crippen LogP contribution in [0, 0.1) is 11.3 Å². The largest absolute Gasteiger partial charge is 0.391 e. The van der Waals surface area contributed by atoms with Gasteiger partial charge in [0.15, 0.2) is 0 Å². The van der Waals surface area contributed by atoms with Crippen LogP contribution in [0.3, 0.4) is 0 Å². The smallest absolute Gasteiger partial charge is 0.292 e. The number of carbonyl (C=O) groups excluding carboxylic acids is 2. The fraction of sp³-hybridized carbons (Fsp3) is 0.542. The standard InChI is InChI=1S/C24H31N3O4/c1-16(2)12-18-13-20(31-25-18)22(29)27-11-7-10-24(15-27)14-19(28)21(26(3)23(24)30)17-8-5-4-6-9-17/h4-6,8-9,13,16,19,21,28H,7,10-12,14-15H2,1-3H3/t19-,21+,24-/m1/s1. The lowest BCUT2D eigenvalue weighted by molar-refractivity contribution is -0.161. The minimum Gasteiger partial charge on any atom is -0.391 e. The molecule has 31 heavy (non-hydrogen) atoms. The van der Waals surface area contributed by atoms with Gasteiger partial charge in [0.1, 0.15) is 0 Å². The van der Waals surface area contributed by atoms with Crippen molar-refractivity contribution in [2.75, 3.05) is 20.1 Å². The summed E-state index contributed by atoms with van der Waals surface area (Å²) in [7, 11) is 1.75. The van der Waals surface area contributed by atoms with E-state index >= 15 is 0 Å². The molecule has 0 bridgehead atoms. The predicted molar refractivity (Wildman–Crippen MR) is 115 cm³/mol. The lowest BCUT2D eigenvalue weighted by atomic mass is 9.69. The molecule has 0 radical (unpaired) electrons. The Kier molecular flexibility index (Phi) is 5.88. The Bertz CT molecular complexity index is 941. The number of benzene rings is 1. The lowest BCUT2D eigenvalue weighted by Gasteiger charge is -2.50. The molecule has 2 amide bonds. The lowest BCUT2D eigenvalue weighted by Crippen LogP contribution is -2.60. The highest BCUT2D eigenvalue weighted by molar-refractivity contribution is 5.92.